The van der Waals surface area contributed by atoms with Gasteiger partial charge in [-0.05, 0) is 42.0 Å². The Bertz CT molecular complexity index is 1110. The third-order valence-electron chi connectivity index (χ3n) is 4.13. The molecule has 0 amide bonds. The lowest BCUT2D eigenvalue weighted by Gasteiger charge is -2.11. The molecule has 1 aromatic heterocycles. The Labute approximate surface area is 182 Å². The van der Waals surface area contributed by atoms with Crippen molar-refractivity contribution in [3.63, 3.8) is 0 Å². The van der Waals surface area contributed by atoms with E-state index in [1.54, 1.807) is 23.9 Å². The van der Waals surface area contributed by atoms with Gasteiger partial charge in [-0.25, -0.2) is 0 Å². The Balaban J connectivity index is 1.77. The number of benzene rings is 3. The summed E-state index contributed by atoms with van der Waals surface area (Å²) >= 11 is 20.4. The van der Waals surface area contributed by atoms with Gasteiger partial charge < -0.3 is 0 Å². The average molecular weight is 447 g/mol. The van der Waals surface area contributed by atoms with Crippen LogP contribution in [0.2, 0.25) is 15.1 Å². The number of rotatable bonds is 5. The molecular formula is C21H14Cl3N3S. The van der Waals surface area contributed by atoms with Crippen LogP contribution in [0.5, 0.6) is 0 Å². The molecule has 0 bridgehead atoms. The quantitative estimate of drug-likeness (QED) is 0.304. The molecule has 0 N–H and O–H groups in total. The molecule has 0 saturated carbocycles. The highest BCUT2D eigenvalue weighted by Crippen LogP contribution is 2.34. The van der Waals surface area contributed by atoms with Gasteiger partial charge in [0, 0.05) is 27.0 Å². The first-order valence-corrected chi connectivity index (χ1v) is 10.6. The van der Waals surface area contributed by atoms with Gasteiger partial charge in [0.1, 0.15) is 0 Å². The van der Waals surface area contributed by atoms with E-state index in [9.17, 15) is 0 Å². The van der Waals surface area contributed by atoms with Crippen LogP contribution in [0, 0.1) is 0 Å². The Morgan fingerprint density at radius 2 is 1.54 bits per heavy atom. The average Bonchev–Trinajstić information content (AvgIpc) is 3.11. The van der Waals surface area contributed by atoms with Gasteiger partial charge in [-0.3, -0.25) is 4.57 Å². The summed E-state index contributed by atoms with van der Waals surface area (Å²) in [6, 6.07) is 23.1. The minimum atomic E-state index is 0.528. The third kappa shape index (κ3) is 4.06. The van der Waals surface area contributed by atoms with Gasteiger partial charge in [-0.15, -0.1) is 10.2 Å². The summed E-state index contributed by atoms with van der Waals surface area (Å²) in [6.07, 6.45) is 0. The van der Waals surface area contributed by atoms with Crippen LogP contribution >= 0.6 is 46.6 Å². The molecular weight excluding hydrogens is 433 g/mol. The molecule has 0 unspecified atom stereocenters. The first-order valence-electron chi connectivity index (χ1n) is 8.46. The van der Waals surface area contributed by atoms with Gasteiger partial charge in [-0.2, -0.15) is 0 Å². The number of thioether (sulfide) groups is 1. The minimum absolute atomic E-state index is 0.528. The molecule has 7 heteroatoms. The van der Waals surface area contributed by atoms with Crippen molar-refractivity contribution in [2.24, 2.45) is 0 Å². The third-order valence-corrected chi connectivity index (χ3v) is 6.03. The van der Waals surface area contributed by atoms with Gasteiger partial charge >= 0.3 is 0 Å². The molecule has 4 rings (SSSR count). The number of para-hydroxylation sites is 1. The molecule has 0 radical (unpaired) electrons. The summed E-state index contributed by atoms with van der Waals surface area (Å²) in [7, 11) is 0. The maximum atomic E-state index is 6.44. The van der Waals surface area contributed by atoms with Crippen molar-refractivity contribution >= 4 is 46.6 Å². The van der Waals surface area contributed by atoms with E-state index in [1.165, 1.54) is 0 Å². The molecule has 28 heavy (non-hydrogen) atoms. The van der Waals surface area contributed by atoms with Crippen LogP contribution in [-0.4, -0.2) is 14.8 Å². The first-order chi connectivity index (χ1) is 13.6. The summed E-state index contributed by atoms with van der Waals surface area (Å²) in [6.45, 7) is 0. The fourth-order valence-electron chi connectivity index (χ4n) is 2.78. The van der Waals surface area contributed by atoms with Crippen LogP contribution in [0.15, 0.2) is 78.0 Å². The summed E-state index contributed by atoms with van der Waals surface area (Å²) in [5.74, 6) is 1.34. The standard InChI is InChI=1S/C21H14Cl3N3S/c22-15-10-11-17(19(24)12-15)20-25-26-21(27(20)16-7-2-1-3-8-16)28-13-14-6-4-5-9-18(14)23/h1-12H,13H2. The predicted molar refractivity (Wildman–Crippen MR) is 118 cm³/mol. The van der Waals surface area contributed by atoms with Crippen molar-refractivity contribution in [3.8, 4) is 17.1 Å². The van der Waals surface area contributed by atoms with Gasteiger partial charge in [0.05, 0.1) is 5.02 Å². The Morgan fingerprint density at radius 3 is 2.29 bits per heavy atom. The van der Waals surface area contributed by atoms with Crippen LogP contribution in [0.1, 0.15) is 5.56 Å². The van der Waals surface area contributed by atoms with Crippen molar-refractivity contribution in [1.82, 2.24) is 14.8 Å². The molecule has 0 aliphatic rings. The van der Waals surface area contributed by atoms with E-state index in [4.69, 9.17) is 34.8 Å². The molecule has 1 heterocycles. The number of hydrogen-bond acceptors (Lipinski definition) is 3. The molecule has 4 aromatic rings. The molecule has 0 fully saturated rings. The molecule has 0 spiro atoms. The van der Waals surface area contributed by atoms with E-state index >= 15 is 0 Å². The van der Waals surface area contributed by atoms with Crippen molar-refractivity contribution < 1.29 is 0 Å². The molecule has 0 aliphatic carbocycles. The van der Waals surface area contributed by atoms with E-state index in [-0.39, 0.29) is 0 Å². The largest absolute Gasteiger partial charge is 0.270 e. The van der Waals surface area contributed by atoms with Gasteiger partial charge in [0.25, 0.3) is 0 Å². The van der Waals surface area contributed by atoms with E-state index in [0.717, 1.165) is 27.0 Å². The number of halogens is 3. The zero-order valence-corrected chi connectivity index (χ0v) is 17.6. The maximum Gasteiger partial charge on any atom is 0.196 e. The highest BCUT2D eigenvalue weighted by molar-refractivity contribution is 7.98. The second-order valence-electron chi connectivity index (χ2n) is 5.98. The summed E-state index contributed by atoms with van der Waals surface area (Å²) in [4.78, 5) is 0. The summed E-state index contributed by atoms with van der Waals surface area (Å²) in [5, 5.41) is 11.4. The zero-order valence-electron chi connectivity index (χ0n) is 14.5. The topological polar surface area (TPSA) is 30.7 Å². The van der Waals surface area contributed by atoms with Crippen LogP contribution in [0.4, 0.5) is 0 Å². The van der Waals surface area contributed by atoms with Crippen molar-refractivity contribution in [1.29, 1.82) is 0 Å². The fraction of sp³-hybridized carbons (Fsp3) is 0.0476. The van der Waals surface area contributed by atoms with E-state index in [1.807, 2.05) is 65.2 Å². The summed E-state index contributed by atoms with van der Waals surface area (Å²) < 4.78 is 2.00. The Kier molecular flexibility index (Phi) is 5.93. The van der Waals surface area contributed by atoms with Crippen molar-refractivity contribution in [2.45, 2.75) is 10.9 Å². The van der Waals surface area contributed by atoms with Crippen molar-refractivity contribution in [2.75, 3.05) is 0 Å². The second-order valence-corrected chi connectivity index (χ2v) is 8.17. The van der Waals surface area contributed by atoms with Crippen LogP contribution in [0.25, 0.3) is 17.1 Å². The molecule has 0 aliphatic heterocycles. The highest BCUT2D eigenvalue weighted by Gasteiger charge is 2.18. The lowest BCUT2D eigenvalue weighted by atomic mass is 10.2. The van der Waals surface area contributed by atoms with Gasteiger partial charge in [0.15, 0.2) is 11.0 Å². The van der Waals surface area contributed by atoms with Crippen molar-refractivity contribution in [3.05, 3.63) is 93.4 Å². The van der Waals surface area contributed by atoms with Crippen LogP contribution in [0.3, 0.4) is 0 Å². The van der Waals surface area contributed by atoms with E-state index in [0.29, 0.717) is 21.6 Å². The van der Waals surface area contributed by atoms with Gasteiger partial charge in [-0.1, -0.05) is 83.0 Å². The molecule has 3 aromatic carbocycles. The van der Waals surface area contributed by atoms with Crippen LogP contribution in [-0.2, 0) is 5.75 Å². The Morgan fingerprint density at radius 1 is 0.786 bits per heavy atom. The second kappa shape index (κ2) is 8.58. The maximum absolute atomic E-state index is 6.44. The smallest absolute Gasteiger partial charge is 0.196 e. The normalized spacial score (nSPS) is 11.0. The van der Waals surface area contributed by atoms with Gasteiger partial charge in [0.2, 0.25) is 0 Å². The Hall–Kier alpha value is -1.98. The van der Waals surface area contributed by atoms with E-state index < -0.39 is 0 Å². The molecule has 3 nitrogen and oxygen atoms in total. The SMILES string of the molecule is Clc1ccc(-c2nnc(SCc3ccccc3Cl)n2-c2ccccc2)c(Cl)c1. The number of nitrogens with zero attached hydrogens (tertiary/aromatic N) is 3. The zero-order chi connectivity index (χ0) is 19.5. The fourth-order valence-corrected chi connectivity index (χ4v) is 4.51. The molecule has 140 valence electrons. The summed E-state index contributed by atoms with van der Waals surface area (Å²) in [5.41, 5.74) is 2.77. The predicted octanol–water partition coefficient (Wildman–Crippen LogP) is 7.19. The number of aromatic nitrogens is 3. The lowest BCUT2D eigenvalue weighted by molar-refractivity contribution is 0.886. The lowest BCUT2D eigenvalue weighted by Crippen LogP contribution is -2.00. The van der Waals surface area contributed by atoms with E-state index in [2.05, 4.69) is 10.2 Å². The molecule has 0 atom stereocenters. The number of hydrogen-bond donors (Lipinski definition) is 0. The molecule has 0 saturated heterocycles. The van der Waals surface area contributed by atoms with Crippen LogP contribution < -0.4 is 0 Å². The first kappa shape index (κ1) is 19.3. The monoisotopic (exact) mass is 445 g/mol. The highest BCUT2D eigenvalue weighted by atomic mass is 35.5. The minimum Gasteiger partial charge on any atom is -0.270 e.